The summed E-state index contributed by atoms with van der Waals surface area (Å²) in [5.74, 6) is 1.40. The highest BCUT2D eigenvalue weighted by atomic mass is 32.1. The summed E-state index contributed by atoms with van der Waals surface area (Å²) >= 11 is 1.59. The maximum absolute atomic E-state index is 4.84. The summed E-state index contributed by atoms with van der Waals surface area (Å²) in [7, 11) is 0. The van der Waals surface area contributed by atoms with Crippen molar-refractivity contribution in [3.63, 3.8) is 0 Å². The van der Waals surface area contributed by atoms with Crippen LogP contribution in [-0.2, 0) is 6.54 Å². The molecule has 4 aromatic rings. The molecule has 3 aromatic heterocycles. The van der Waals surface area contributed by atoms with Gasteiger partial charge >= 0.3 is 0 Å². The van der Waals surface area contributed by atoms with Crippen molar-refractivity contribution in [3.8, 4) is 0 Å². The summed E-state index contributed by atoms with van der Waals surface area (Å²) in [5.41, 5.74) is 3.60. The number of likely N-dealkylation sites (tertiary alicyclic amines) is 1. The Morgan fingerprint density at radius 2 is 1.93 bits per heavy atom. The molecule has 0 atom stereocenters. The third-order valence-electron chi connectivity index (χ3n) is 5.52. The number of piperidine rings is 1. The van der Waals surface area contributed by atoms with Gasteiger partial charge in [0, 0.05) is 41.3 Å². The van der Waals surface area contributed by atoms with Gasteiger partial charge in [-0.25, -0.2) is 9.97 Å². The summed E-state index contributed by atoms with van der Waals surface area (Å²) < 4.78 is 0. The molecule has 0 unspecified atom stereocenters. The largest absolute Gasteiger partial charge is 0.316 e. The van der Waals surface area contributed by atoms with Gasteiger partial charge < -0.3 is 5.32 Å². The highest BCUT2D eigenvalue weighted by Crippen LogP contribution is 2.29. The molecule has 1 aliphatic heterocycles. The molecule has 0 saturated carbocycles. The molecule has 1 aromatic carbocycles. The fraction of sp³-hybridized carbons (Fsp3) is 0.261. The lowest BCUT2D eigenvalue weighted by atomic mass is 9.92. The normalized spacial score (nSPS) is 15.6. The van der Waals surface area contributed by atoms with Crippen molar-refractivity contribution < 1.29 is 0 Å². The number of rotatable bonds is 5. The smallest absolute Gasteiger partial charge is 0.188 e. The molecule has 1 N–H and O–H groups in total. The first-order chi connectivity index (χ1) is 14.3. The van der Waals surface area contributed by atoms with Crippen LogP contribution < -0.4 is 5.32 Å². The van der Waals surface area contributed by atoms with Crippen LogP contribution in [0.5, 0.6) is 0 Å². The molecule has 1 aliphatic rings. The molecule has 1 saturated heterocycles. The first-order valence-electron chi connectivity index (χ1n) is 10.0. The number of hydrogen-bond acceptors (Lipinski definition) is 6. The Balaban J connectivity index is 1.21. The van der Waals surface area contributed by atoms with E-state index in [0.717, 1.165) is 48.9 Å². The average molecular weight is 402 g/mol. The van der Waals surface area contributed by atoms with E-state index in [0.29, 0.717) is 5.92 Å². The second kappa shape index (κ2) is 8.27. The Labute approximate surface area is 174 Å². The highest BCUT2D eigenvalue weighted by Gasteiger charge is 2.22. The fourth-order valence-electron chi connectivity index (χ4n) is 4.01. The van der Waals surface area contributed by atoms with Gasteiger partial charge in [-0.15, -0.1) is 11.3 Å². The molecular weight excluding hydrogens is 378 g/mol. The maximum atomic E-state index is 4.84. The molecule has 0 aliphatic carbocycles. The molecule has 146 valence electrons. The summed E-state index contributed by atoms with van der Waals surface area (Å²) in [4.78, 5) is 16.1. The lowest BCUT2D eigenvalue weighted by Crippen LogP contribution is -2.32. The van der Waals surface area contributed by atoms with E-state index in [9.17, 15) is 0 Å². The minimum Gasteiger partial charge on any atom is -0.316 e. The maximum Gasteiger partial charge on any atom is 0.188 e. The zero-order valence-corrected chi connectivity index (χ0v) is 17.0. The molecule has 5 rings (SSSR count). The van der Waals surface area contributed by atoms with E-state index in [-0.39, 0.29) is 0 Å². The Morgan fingerprint density at radius 1 is 1.00 bits per heavy atom. The van der Waals surface area contributed by atoms with Crippen molar-refractivity contribution in [1.29, 1.82) is 0 Å². The zero-order valence-electron chi connectivity index (χ0n) is 16.2. The van der Waals surface area contributed by atoms with E-state index in [1.165, 1.54) is 16.6 Å². The molecule has 0 bridgehead atoms. The van der Waals surface area contributed by atoms with Gasteiger partial charge in [0.05, 0.1) is 5.52 Å². The summed E-state index contributed by atoms with van der Waals surface area (Å²) in [5, 5.41) is 7.37. The monoisotopic (exact) mass is 401 g/mol. The number of pyridine rings is 2. The predicted molar refractivity (Wildman–Crippen MR) is 119 cm³/mol. The molecule has 29 heavy (non-hydrogen) atoms. The van der Waals surface area contributed by atoms with Gasteiger partial charge in [0.15, 0.2) is 5.13 Å². The molecular formula is C23H23N5S. The third-order valence-corrected chi connectivity index (χ3v) is 6.21. The van der Waals surface area contributed by atoms with Crippen molar-refractivity contribution in [3.05, 3.63) is 77.6 Å². The number of anilines is 2. The van der Waals surface area contributed by atoms with E-state index < -0.39 is 0 Å². The van der Waals surface area contributed by atoms with E-state index in [1.807, 2.05) is 23.7 Å². The molecule has 0 spiro atoms. The van der Waals surface area contributed by atoms with Crippen molar-refractivity contribution in [2.75, 3.05) is 18.4 Å². The van der Waals surface area contributed by atoms with Crippen LogP contribution in [0.4, 0.5) is 10.9 Å². The van der Waals surface area contributed by atoms with Crippen molar-refractivity contribution >= 4 is 33.2 Å². The lowest BCUT2D eigenvalue weighted by molar-refractivity contribution is 0.203. The average Bonchev–Trinajstić information content (AvgIpc) is 3.27. The van der Waals surface area contributed by atoms with Crippen LogP contribution >= 0.6 is 11.3 Å². The van der Waals surface area contributed by atoms with Crippen LogP contribution in [0.2, 0.25) is 0 Å². The molecule has 1 fully saturated rings. The second-order valence-electron chi connectivity index (χ2n) is 7.49. The third kappa shape index (κ3) is 4.28. The summed E-state index contributed by atoms with van der Waals surface area (Å²) in [6.07, 6.45) is 5.94. The Morgan fingerprint density at radius 3 is 2.79 bits per heavy atom. The lowest BCUT2D eigenvalue weighted by Gasteiger charge is -2.31. The minimum absolute atomic E-state index is 0.519. The van der Waals surface area contributed by atoms with Crippen LogP contribution in [0.1, 0.15) is 30.0 Å². The summed E-state index contributed by atoms with van der Waals surface area (Å²) in [6, 6.07) is 17.0. The number of thiazole rings is 1. The van der Waals surface area contributed by atoms with Gasteiger partial charge in [0.2, 0.25) is 0 Å². The van der Waals surface area contributed by atoms with Crippen LogP contribution in [0, 0.1) is 0 Å². The molecule has 5 nitrogen and oxygen atoms in total. The van der Waals surface area contributed by atoms with Crippen LogP contribution in [-0.4, -0.2) is 32.9 Å². The van der Waals surface area contributed by atoms with Gasteiger partial charge in [0.25, 0.3) is 0 Å². The van der Waals surface area contributed by atoms with E-state index in [2.05, 4.69) is 56.6 Å². The van der Waals surface area contributed by atoms with Crippen molar-refractivity contribution in [2.24, 2.45) is 0 Å². The number of hydrogen-bond donors (Lipinski definition) is 1. The van der Waals surface area contributed by atoms with Gasteiger partial charge in [-0.1, -0.05) is 18.2 Å². The Kier molecular flexibility index (Phi) is 5.19. The van der Waals surface area contributed by atoms with Gasteiger partial charge in [0.1, 0.15) is 5.82 Å². The van der Waals surface area contributed by atoms with Crippen LogP contribution in [0.3, 0.4) is 0 Å². The standard InChI is InChI=1S/C23H23N5S/c1-4-21(26-22(5-1)27-23-25-11-14-29-23)18-8-12-28(13-9-18)16-17-6-7-20-19(15-17)3-2-10-24-20/h1-7,10-11,14-15,18H,8-9,12-13,16H2,(H,25,26,27). The topological polar surface area (TPSA) is 53.9 Å². The first-order valence-corrected chi connectivity index (χ1v) is 10.9. The molecule has 6 heteroatoms. The molecule has 0 amide bonds. The number of benzene rings is 1. The summed E-state index contributed by atoms with van der Waals surface area (Å²) in [6.45, 7) is 3.19. The first kappa shape index (κ1) is 18.2. The SMILES string of the molecule is c1cc(Nc2nccs2)nc(C2CCN(Cc3ccc4ncccc4c3)CC2)c1. The Hall–Kier alpha value is -2.83. The number of nitrogens with one attached hydrogen (secondary N) is 1. The van der Waals surface area contributed by atoms with Crippen LogP contribution in [0.25, 0.3) is 10.9 Å². The predicted octanol–water partition coefficient (Wildman–Crippen LogP) is 5.21. The van der Waals surface area contributed by atoms with Gasteiger partial charge in [-0.2, -0.15) is 0 Å². The van der Waals surface area contributed by atoms with Crippen molar-refractivity contribution in [2.45, 2.75) is 25.3 Å². The molecule has 0 radical (unpaired) electrons. The van der Waals surface area contributed by atoms with Crippen molar-refractivity contribution in [1.82, 2.24) is 19.9 Å². The minimum atomic E-state index is 0.519. The zero-order chi connectivity index (χ0) is 19.5. The number of aromatic nitrogens is 3. The Bertz CT molecular complexity index is 1090. The fourth-order valence-corrected chi connectivity index (χ4v) is 4.55. The van der Waals surface area contributed by atoms with E-state index in [1.54, 1.807) is 17.5 Å². The molecule has 4 heterocycles. The van der Waals surface area contributed by atoms with Gasteiger partial charge in [-0.05, 0) is 61.8 Å². The highest BCUT2D eigenvalue weighted by molar-refractivity contribution is 7.13. The number of nitrogens with zero attached hydrogens (tertiary/aromatic N) is 4. The van der Waals surface area contributed by atoms with Gasteiger partial charge in [-0.3, -0.25) is 9.88 Å². The van der Waals surface area contributed by atoms with E-state index in [4.69, 9.17) is 4.98 Å². The quantitative estimate of drug-likeness (QED) is 0.497. The van der Waals surface area contributed by atoms with E-state index >= 15 is 0 Å². The van der Waals surface area contributed by atoms with Crippen LogP contribution in [0.15, 0.2) is 66.3 Å². The second-order valence-corrected chi connectivity index (χ2v) is 8.39. The number of fused-ring (bicyclic) bond motifs is 1.